The lowest BCUT2D eigenvalue weighted by Crippen LogP contribution is -2.00. The molecule has 0 amide bonds. The van der Waals surface area contributed by atoms with Gasteiger partial charge in [-0.05, 0) is 59.6 Å². The Labute approximate surface area is 123 Å². The van der Waals surface area contributed by atoms with Crippen LogP contribution in [-0.4, -0.2) is 5.78 Å². The van der Waals surface area contributed by atoms with Gasteiger partial charge in [-0.25, -0.2) is 8.78 Å². The summed E-state index contributed by atoms with van der Waals surface area (Å²) >= 11 is 3.23. The summed E-state index contributed by atoms with van der Waals surface area (Å²) in [5.41, 5.74) is 0.460. The summed E-state index contributed by atoms with van der Waals surface area (Å²) in [6.45, 7) is 2.88. The van der Waals surface area contributed by atoms with E-state index in [2.05, 4.69) is 15.9 Å². The molecule has 0 atom stereocenters. The Hall–Kier alpha value is -1.75. The van der Waals surface area contributed by atoms with Crippen molar-refractivity contribution in [3.05, 3.63) is 57.6 Å². The van der Waals surface area contributed by atoms with Crippen LogP contribution in [0.2, 0.25) is 0 Å². The SMILES string of the molecule is CC(=O)c1cc(F)c(C)cc1Oc1cc(F)ccc1Br. The molecule has 0 aliphatic heterocycles. The van der Waals surface area contributed by atoms with Gasteiger partial charge >= 0.3 is 0 Å². The molecule has 0 saturated heterocycles. The van der Waals surface area contributed by atoms with Crippen LogP contribution in [0.3, 0.4) is 0 Å². The number of rotatable bonds is 3. The molecule has 2 nitrogen and oxygen atoms in total. The molecule has 0 saturated carbocycles. The van der Waals surface area contributed by atoms with Crippen LogP contribution in [0, 0.1) is 18.6 Å². The van der Waals surface area contributed by atoms with Crippen molar-refractivity contribution in [1.29, 1.82) is 0 Å². The highest BCUT2D eigenvalue weighted by Crippen LogP contribution is 2.33. The number of aryl methyl sites for hydroxylation is 1. The van der Waals surface area contributed by atoms with Crippen molar-refractivity contribution in [1.82, 2.24) is 0 Å². The normalized spacial score (nSPS) is 10.4. The number of hydrogen-bond donors (Lipinski definition) is 0. The number of ether oxygens (including phenoxy) is 1. The first kappa shape index (κ1) is 14.7. The van der Waals surface area contributed by atoms with E-state index in [-0.39, 0.29) is 22.8 Å². The third-order valence-electron chi connectivity index (χ3n) is 2.75. The first-order chi connectivity index (χ1) is 9.38. The molecular formula is C15H11BrF2O2. The van der Waals surface area contributed by atoms with Gasteiger partial charge in [0.05, 0.1) is 10.0 Å². The van der Waals surface area contributed by atoms with Gasteiger partial charge in [0.1, 0.15) is 23.1 Å². The van der Waals surface area contributed by atoms with Gasteiger partial charge in [-0.1, -0.05) is 0 Å². The second-order valence-corrected chi connectivity index (χ2v) is 5.18. The third kappa shape index (κ3) is 3.04. The number of ketones is 1. The molecule has 0 fully saturated rings. The lowest BCUT2D eigenvalue weighted by Gasteiger charge is -2.12. The zero-order valence-electron chi connectivity index (χ0n) is 10.8. The summed E-state index contributed by atoms with van der Waals surface area (Å²) in [5.74, 6) is -0.861. The fourth-order valence-electron chi connectivity index (χ4n) is 1.69. The molecule has 0 aliphatic rings. The molecule has 20 heavy (non-hydrogen) atoms. The summed E-state index contributed by atoms with van der Waals surface area (Å²) in [5, 5.41) is 0. The van der Waals surface area contributed by atoms with Gasteiger partial charge in [-0.3, -0.25) is 4.79 Å². The summed E-state index contributed by atoms with van der Waals surface area (Å²) < 4.78 is 32.8. The first-order valence-electron chi connectivity index (χ1n) is 5.82. The van der Waals surface area contributed by atoms with E-state index < -0.39 is 11.6 Å². The van der Waals surface area contributed by atoms with Crippen LogP contribution in [0.15, 0.2) is 34.8 Å². The number of hydrogen-bond acceptors (Lipinski definition) is 2. The Bertz CT molecular complexity index is 684. The van der Waals surface area contributed by atoms with Crippen molar-refractivity contribution in [2.75, 3.05) is 0 Å². The molecular weight excluding hydrogens is 330 g/mol. The number of Topliss-reactive ketones (excluding diaryl/α,β-unsaturated/α-hetero) is 1. The lowest BCUT2D eigenvalue weighted by molar-refractivity contribution is 0.101. The van der Waals surface area contributed by atoms with E-state index in [0.29, 0.717) is 10.0 Å². The van der Waals surface area contributed by atoms with Gasteiger partial charge in [0.25, 0.3) is 0 Å². The molecule has 5 heteroatoms. The molecule has 0 N–H and O–H groups in total. The second kappa shape index (κ2) is 5.71. The van der Waals surface area contributed by atoms with Crippen LogP contribution in [0.4, 0.5) is 8.78 Å². The van der Waals surface area contributed by atoms with E-state index in [1.807, 2.05) is 0 Å². The molecule has 0 radical (unpaired) electrons. The van der Waals surface area contributed by atoms with Crippen LogP contribution in [0.5, 0.6) is 11.5 Å². The predicted octanol–water partition coefficient (Wildman–Crippen LogP) is 5.03. The van der Waals surface area contributed by atoms with Gasteiger partial charge in [0.15, 0.2) is 5.78 Å². The molecule has 0 heterocycles. The van der Waals surface area contributed by atoms with Crippen molar-refractivity contribution < 1.29 is 18.3 Å². The minimum absolute atomic E-state index is 0.115. The molecule has 0 unspecified atom stereocenters. The van der Waals surface area contributed by atoms with Crippen LogP contribution in [-0.2, 0) is 0 Å². The van der Waals surface area contributed by atoms with Gasteiger partial charge in [-0.2, -0.15) is 0 Å². The van der Waals surface area contributed by atoms with E-state index in [4.69, 9.17) is 4.74 Å². The lowest BCUT2D eigenvalue weighted by atomic mass is 10.1. The van der Waals surface area contributed by atoms with Crippen LogP contribution >= 0.6 is 15.9 Å². The smallest absolute Gasteiger partial charge is 0.163 e. The summed E-state index contributed by atoms with van der Waals surface area (Å²) in [7, 11) is 0. The largest absolute Gasteiger partial charge is 0.455 e. The molecule has 0 bridgehead atoms. The second-order valence-electron chi connectivity index (χ2n) is 4.33. The zero-order chi connectivity index (χ0) is 14.9. The quantitative estimate of drug-likeness (QED) is 0.732. The monoisotopic (exact) mass is 340 g/mol. The summed E-state index contributed by atoms with van der Waals surface area (Å²) in [6.07, 6.45) is 0. The Balaban J connectivity index is 2.50. The molecule has 0 spiro atoms. The highest BCUT2D eigenvalue weighted by Gasteiger charge is 2.14. The van der Waals surface area contributed by atoms with Gasteiger partial charge in [-0.15, -0.1) is 0 Å². The van der Waals surface area contributed by atoms with E-state index in [9.17, 15) is 13.6 Å². The van der Waals surface area contributed by atoms with Crippen molar-refractivity contribution in [2.24, 2.45) is 0 Å². The fraction of sp³-hybridized carbons (Fsp3) is 0.133. The van der Waals surface area contributed by atoms with Crippen molar-refractivity contribution in [3.8, 4) is 11.5 Å². The van der Waals surface area contributed by atoms with Crippen LogP contribution in [0.1, 0.15) is 22.8 Å². The first-order valence-corrected chi connectivity index (χ1v) is 6.62. The number of halogens is 3. The molecule has 2 aromatic carbocycles. The molecule has 2 rings (SSSR count). The summed E-state index contributed by atoms with van der Waals surface area (Å²) in [6, 6.07) is 6.50. The van der Waals surface area contributed by atoms with Crippen molar-refractivity contribution in [2.45, 2.75) is 13.8 Å². The van der Waals surface area contributed by atoms with E-state index in [1.165, 1.54) is 31.2 Å². The molecule has 2 aromatic rings. The van der Waals surface area contributed by atoms with Crippen LogP contribution in [0.25, 0.3) is 0 Å². The number of carbonyl (C=O) groups is 1. The maximum absolute atomic E-state index is 13.5. The molecule has 0 aromatic heterocycles. The minimum atomic E-state index is -0.485. The Morgan fingerprint density at radius 3 is 2.50 bits per heavy atom. The van der Waals surface area contributed by atoms with Gasteiger partial charge < -0.3 is 4.74 Å². The van der Waals surface area contributed by atoms with Crippen molar-refractivity contribution in [3.63, 3.8) is 0 Å². The predicted molar refractivity (Wildman–Crippen MR) is 75.3 cm³/mol. The zero-order valence-corrected chi connectivity index (χ0v) is 12.4. The molecule has 104 valence electrons. The van der Waals surface area contributed by atoms with Crippen molar-refractivity contribution >= 4 is 21.7 Å². The van der Waals surface area contributed by atoms with Gasteiger partial charge in [0.2, 0.25) is 0 Å². The minimum Gasteiger partial charge on any atom is -0.455 e. The Morgan fingerprint density at radius 2 is 1.85 bits per heavy atom. The van der Waals surface area contributed by atoms with E-state index in [1.54, 1.807) is 6.92 Å². The number of benzene rings is 2. The maximum atomic E-state index is 13.5. The van der Waals surface area contributed by atoms with E-state index >= 15 is 0 Å². The number of carbonyl (C=O) groups excluding carboxylic acids is 1. The topological polar surface area (TPSA) is 26.3 Å². The highest BCUT2D eigenvalue weighted by molar-refractivity contribution is 9.10. The maximum Gasteiger partial charge on any atom is 0.163 e. The Kier molecular flexibility index (Phi) is 4.18. The standard InChI is InChI=1S/C15H11BrF2O2/c1-8-5-14(11(9(2)19)7-13(8)18)20-15-6-10(17)3-4-12(15)16/h3-7H,1-2H3. The fourth-order valence-corrected chi connectivity index (χ4v) is 2.02. The molecule has 0 aliphatic carbocycles. The highest BCUT2D eigenvalue weighted by atomic mass is 79.9. The average molecular weight is 341 g/mol. The Morgan fingerprint density at radius 1 is 1.15 bits per heavy atom. The van der Waals surface area contributed by atoms with E-state index in [0.717, 1.165) is 6.07 Å². The van der Waals surface area contributed by atoms with Crippen LogP contribution < -0.4 is 4.74 Å². The third-order valence-corrected chi connectivity index (χ3v) is 3.41. The average Bonchev–Trinajstić information content (AvgIpc) is 2.37. The van der Waals surface area contributed by atoms with Gasteiger partial charge in [0, 0.05) is 6.07 Å². The summed E-state index contributed by atoms with van der Waals surface area (Å²) in [4.78, 5) is 11.5.